The van der Waals surface area contributed by atoms with Crippen LogP contribution in [0.3, 0.4) is 0 Å². The van der Waals surface area contributed by atoms with E-state index < -0.39 is 23.5 Å². The molecule has 0 bridgehead atoms. The minimum absolute atomic E-state index is 0.0193. The number of fused-ring (bicyclic) bond motifs is 1. The van der Waals surface area contributed by atoms with Gasteiger partial charge in [0.25, 0.3) is 0 Å². The highest BCUT2D eigenvalue weighted by molar-refractivity contribution is 5.91. The summed E-state index contributed by atoms with van der Waals surface area (Å²) in [5.41, 5.74) is 0.750. The molecule has 0 atom stereocenters. The Hall–Kier alpha value is -4.41. The Labute approximate surface area is 292 Å². The van der Waals surface area contributed by atoms with E-state index in [-0.39, 0.29) is 28.7 Å². The summed E-state index contributed by atoms with van der Waals surface area (Å²) in [7, 11) is 3.54. The molecule has 0 amide bonds. The number of carboxylic acids is 1. The SMILES string of the molecule is COCCOCC1(CN(C)c2cc(-c3cc(F)cc(C(F)(F)F)c3)nc3nc(-c4cnc(N5CCN(CCC(=O)O)CC5)cn4)[nH]c23)CCCC1. The molecule has 16 heteroatoms. The lowest BCUT2D eigenvalue weighted by molar-refractivity contribution is -0.138. The second-order valence-corrected chi connectivity index (χ2v) is 13.4. The number of aromatic nitrogens is 5. The van der Waals surface area contributed by atoms with Crippen molar-refractivity contribution in [2.75, 3.05) is 83.0 Å². The maximum Gasteiger partial charge on any atom is 0.416 e. The molecular formula is C35H42F4N8O4. The molecule has 2 aliphatic rings. The van der Waals surface area contributed by atoms with Gasteiger partial charge in [-0.3, -0.25) is 9.69 Å². The van der Waals surface area contributed by atoms with Crippen LogP contribution in [0.5, 0.6) is 0 Å². The van der Waals surface area contributed by atoms with Crippen LogP contribution < -0.4 is 9.80 Å². The summed E-state index contributed by atoms with van der Waals surface area (Å²) in [5.74, 6) is -0.792. The van der Waals surface area contributed by atoms with Gasteiger partial charge in [-0.25, -0.2) is 24.3 Å². The maximum atomic E-state index is 14.6. The largest absolute Gasteiger partial charge is 0.481 e. The van der Waals surface area contributed by atoms with Gasteiger partial charge in [0.1, 0.15) is 22.8 Å². The first-order valence-electron chi connectivity index (χ1n) is 17.0. The highest BCUT2D eigenvalue weighted by Crippen LogP contribution is 2.41. The Morgan fingerprint density at radius 3 is 2.45 bits per heavy atom. The topological polar surface area (TPSA) is 133 Å². The molecule has 2 fully saturated rings. The van der Waals surface area contributed by atoms with E-state index in [1.165, 1.54) is 0 Å². The van der Waals surface area contributed by atoms with E-state index in [1.54, 1.807) is 25.6 Å². The molecular weight excluding hydrogens is 672 g/mol. The van der Waals surface area contributed by atoms with Gasteiger partial charge in [0, 0.05) is 64.4 Å². The first-order chi connectivity index (χ1) is 24.4. The number of benzene rings is 1. The third-order valence-electron chi connectivity index (χ3n) is 9.67. The van der Waals surface area contributed by atoms with Crippen molar-refractivity contribution in [2.24, 2.45) is 5.41 Å². The van der Waals surface area contributed by atoms with Crippen molar-refractivity contribution in [1.82, 2.24) is 29.8 Å². The fourth-order valence-electron chi connectivity index (χ4n) is 7.00. The number of carboxylic acid groups (broad SMARTS) is 1. The lowest BCUT2D eigenvalue weighted by Gasteiger charge is -2.34. The van der Waals surface area contributed by atoms with Gasteiger partial charge < -0.3 is 29.4 Å². The molecule has 2 N–H and O–H groups in total. The number of rotatable bonds is 14. The van der Waals surface area contributed by atoms with Crippen LogP contribution >= 0.6 is 0 Å². The van der Waals surface area contributed by atoms with Crippen LogP contribution in [0.2, 0.25) is 0 Å². The number of halogens is 4. The van der Waals surface area contributed by atoms with Gasteiger partial charge in [-0.15, -0.1) is 0 Å². The summed E-state index contributed by atoms with van der Waals surface area (Å²) in [6.07, 6.45) is 2.64. The molecule has 1 saturated carbocycles. The van der Waals surface area contributed by atoms with Crippen molar-refractivity contribution in [3.63, 3.8) is 0 Å². The average Bonchev–Trinajstić information content (AvgIpc) is 3.76. The molecule has 274 valence electrons. The van der Waals surface area contributed by atoms with Crippen LogP contribution in [0, 0.1) is 11.2 Å². The monoisotopic (exact) mass is 714 g/mol. The molecule has 1 aromatic carbocycles. The molecule has 0 spiro atoms. The number of hydrogen-bond donors (Lipinski definition) is 2. The van der Waals surface area contributed by atoms with E-state index in [0.29, 0.717) is 93.7 Å². The molecule has 1 saturated heterocycles. The number of carbonyl (C=O) groups is 1. The summed E-state index contributed by atoms with van der Waals surface area (Å²) in [6.45, 7) is 5.36. The zero-order chi connectivity index (χ0) is 36.2. The predicted octanol–water partition coefficient (Wildman–Crippen LogP) is 5.50. The first-order valence-corrected chi connectivity index (χ1v) is 17.0. The Balaban J connectivity index is 1.31. The Morgan fingerprint density at radius 2 is 1.78 bits per heavy atom. The number of pyridine rings is 1. The number of imidazole rings is 1. The summed E-state index contributed by atoms with van der Waals surface area (Å²) >= 11 is 0. The number of hydrogen-bond acceptors (Lipinski definition) is 10. The first kappa shape index (κ1) is 36.4. The Kier molecular flexibility index (Phi) is 11.0. The smallest absolute Gasteiger partial charge is 0.416 e. The third kappa shape index (κ3) is 8.73. The van der Waals surface area contributed by atoms with Gasteiger partial charge in [0.15, 0.2) is 11.5 Å². The van der Waals surface area contributed by atoms with Crippen LogP contribution in [-0.4, -0.2) is 114 Å². The van der Waals surface area contributed by atoms with E-state index in [9.17, 15) is 22.4 Å². The normalized spacial score (nSPS) is 16.6. The van der Waals surface area contributed by atoms with Crippen molar-refractivity contribution in [3.8, 4) is 22.8 Å². The van der Waals surface area contributed by atoms with Gasteiger partial charge in [0.2, 0.25) is 0 Å². The van der Waals surface area contributed by atoms with Gasteiger partial charge in [-0.1, -0.05) is 12.8 Å². The molecule has 12 nitrogen and oxygen atoms in total. The van der Waals surface area contributed by atoms with Gasteiger partial charge in [-0.2, -0.15) is 13.2 Å². The summed E-state index contributed by atoms with van der Waals surface area (Å²) in [5, 5.41) is 8.98. The molecule has 51 heavy (non-hydrogen) atoms. The van der Waals surface area contributed by atoms with E-state index >= 15 is 0 Å². The number of alkyl halides is 3. The van der Waals surface area contributed by atoms with Crippen LogP contribution in [0.25, 0.3) is 33.9 Å². The zero-order valence-electron chi connectivity index (χ0n) is 28.7. The quantitative estimate of drug-likeness (QED) is 0.127. The molecule has 3 aromatic heterocycles. The van der Waals surface area contributed by atoms with Gasteiger partial charge >= 0.3 is 12.1 Å². The lowest BCUT2D eigenvalue weighted by Crippen LogP contribution is -2.47. The van der Waals surface area contributed by atoms with Crippen molar-refractivity contribution in [1.29, 1.82) is 0 Å². The van der Waals surface area contributed by atoms with Crippen molar-refractivity contribution >= 4 is 28.6 Å². The number of ether oxygens (including phenoxy) is 2. The standard InChI is InChI=1S/C35H42F4N8O4/c1-45(21-34(6-3-4-7-34)22-51-14-13-50-2)28-18-26(23-15-24(35(37,38)39)17-25(36)16-23)42-33-31(28)43-32(44-33)27-19-41-29(20-40-27)47-11-9-46(10-12-47)8-5-30(48)49/h15-20H,3-14,21-22H2,1-2H3,(H,48,49)(H,42,43,44). The number of piperazine rings is 1. The van der Waals surface area contributed by atoms with E-state index in [4.69, 9.17) is 19.6 Å². The zero-order valence-corrected chi connectivity index (χ0v) is 28.7. The van der Waals surface area contributed by atoms with Gasteiger partial charge in [-0.05, 0) is 37.1 Å². The minimum atomic E-state index is -4.74. The minimum Gasteiger partial charge on any atom is -0.481 e. The summed E-state index contributed by atoms with van der Waals surface area (Å²) in [4.78, 5) is 39.0. The molecule has 6 rings (SSSR count). The fraction of sp³-hybridized carbons (Fsp3) is 0.514. The van der Waals surface area contributed by atoms with E-state index in [1.807, 2.05) is 11.9 Å². The number of anilines is 2. The molecule has 1 aliphatic heterocycles. The lowest BCUT2D eigenvalue weighted by atomic mass is 9.86. The predicted molar refractivity (Wildman–Crippen MR) is 183 cm³/mol. The number of aromatic amines is 1. The number of nitrogens with one attached hydrogen (secondary N) is 1. The number of H-pyrrole nitrogens is 1. The molecule has 0 unspecified atom stereocenters. The van der Waals surface area contributed by atoms with Crippen molar-refractivity contribution in [2.45, 2.75) is 38.3 Å². The number of methoxy groups -OCH3 is 1. The number of aliphatic carboxylic acids is 1. The highest BCUT2D eigenvalue weighted by Gasteiger charge is 2.36. The summed E-state index contributed by atoms with van der Waals surface area (Å²) in [6, 6.07) is 4.07. The average molecular weight is 715 g/mol. The van der Waals surface area contributed by atoms with Gasteiger partial charge in [0.05, 0.1) is 55.6 Å². The second kappa shape index (κ2) is 15.5. The van der Waals surface area contributed by atoms with Crippen molar-refractivity contribution < 1.29 is 36.9 Å². The molecule has 1 aliphatic carbocycles. The number of nitrogens with zero attached hydrogens (tertiary/aromatic N) is 7. The Bertz CT molecular complexity index is 1810. The van der Waals surface area contributed by atoms with E-state index in [0.717, 1.165) is 37.8 Å². The van der Waals surface area contributed by atoms with Crippen LogP contribution in [0.15, 0.2) is 36.7 Å². The van der Waals surface area contributed by atoms with Crippen LogP contribution in [-0.2, 0) is 20.4 Å². The van der Waals surface area contributed by atoms with Crippen molar-refractivity contribution in [3.05, 3.63) is 48.0 Å². The highest BCUT2D eigenvalue weighted by atomic mass is 19.4. The van der Waals surface area contributed by atoms with E-state index in [2.05, 4.69) is 29.7 Å². The molecule has 4 heterocycles. The van der Waals surface area contributed by atoms with Crippen LogP contribution in [0.1, 0.15) is 37.7 Å². The van der Waals surface area contributed by atoms with Crippen LogP contribution in [0.4, 0.5) is 29.1 Å². The summed E-state index contributed by atoms with van der Waals surface area (Å²) < 4.78 is 66.8. The molecule has 4 aromatic rings. The maximum absolute atomic E-state index is 14.6. The fourth-order valence-corrected chi connectivity index (χ4v) is 7.00. The molecule has 0 radical (unpaired) electrons. The third-order valence-corrected chi connectivity index (χ3v) is 9.67. The Morgan fingerprint density at radius 1 is 1.02 bits per heavy atom. The second-order valence-electron chi connectivity index (χ2n) is 13.4.